The summed E-state index contributed by atoms with van der Waals surface area (Å²) >= 11 is 0. The Hall–Kier alpha value is -2.29. The van der Waals surface area contributed by atoms with E-state index in [2.05, 4.69) is 29.3 Å². The second-order valence-corrected chi connectivity index (χ2v) is 4.86. The van der Waals surface area contributed by atoms with Gasteiger partial charge in [0.2, 0.25) is 0 Å². The maximum absolute atomic E-state index is 5.76. The van der Waals surface area contributed by atoms with E-state index in [4.69, 9.17) is 9.47 Å². The molecule has 0 aromatic heterocycles. The molecule has 2 aromatic rings. The van der Waals surface area contributed by atoms with Crippen LogP contribution in [0.2, 0.25) is 0 Å². The van der Waals surface area contributed by atoms with Gasteiger partial charge in [0.15, 0.2) is 6.40 Å². The molecule has 0 amide bonds. The second kappa shape index (κ2) is 6.24. The Morgan fingerprint density at radius 1 is 1.00 bits per heavy atom. The molecule has 0 spiro atoms. The summed E-state index contributed by atoms with van der Waals surface area (Å²) in [4.78, 5) is 4.25. The van der Waals surface area contributed by atoms with Crippen molar-refractivity contribution in [1.29, 1.82) is 0 Å². The molecule has 0 aliphatic carbocycles. The molecule has 3 heteroatoms. The van der Waals surface area contributed by atoms with Crippen LogP contribution < -0.4 is 4.74 Å². The van der Waals surface area contributed by atoms with Crippen molar-refractivity contribution in [3.63, 3.8) is 0 Å². The Morgan fingerprint density at radius 3 is 2.50 bits per heavy atom. The van der Waals surface area contributed by atoms with E-state index in [9.17, 15) is 0 Å². The molecule has 1 aliphatic heterocycles. The highest BCUT2D eigenvalue weighted by Crippen LogP contribution is 2.16. The van der Waals surface area contributed by atoms with Crippen molar-refractivity contribution >= 4 is 6.40 Å². The number of nitrogens with zero attached hydrogens (tertiary/aromatic N) is 1. The van der Waals surface area contributed by atoms with Crippen LogP contribution >= 0.6 is 0 Å². The first-order chi connectivity index (χ1) is 9.90. The topological polar surface area (TPSA) is 30.8 Å². The Bertz CT molecular complexity index is 563. The maximum atomic E-state index is 5.76. The first-order valence-corrected chi connectivity index (χ1v) is 6.79. The Kier molecular flexibility index (Phi) is 3.97. The van der Waals surface area contributed by atoms with Gasteiger partial charge in [0.05, 0.1) is 6.04 Å². The molecular formula is C17H17NO2. The zero-order valence-electron chi connectivity index (χ0n) is 11.2. The quantitative estimate of drug-likeness (QED) is 0.832. The van der Waals surface area contributed by atoms with Crippen molar-refractivity contribution in [1.82, 2.24) is 0 Å². The highest BCUT2D eigenvalue weighted by molar-refractivity contribution is 5.49. The fourth-order valence-corrected chi connectivity index (χ4v) is 2.17. The van der Waals surface area contributed by atoms with E-state index in [-0.39, 0.29) is 6.04 Å². The lowest BCUT2D eigenvalue weighted by Crippen LogP contribution is -2.09. The van der Waals surface area contributed by atoms with E-state index in [0.717, 1.165) is 12.2 Å². The van der Waals surface area contributed by atoms with E-state index in [1.54, 1.807) is 6.40 Å². The molecule has 0 saturated heterocycles. The standard InChI is InChI=1S/C17H17NO2/c1-2-4-15(5-3-1)11-20-17-8-6-14(7-9-17)10-16-12-19-13-18-16/h1-9,13,16H,10-12H2/t16-/m0/s1. The monoisotopic (exact) mass is 267 g/mol. The van der Waals surface area contributed by atoms with Crippen LogP contribution in [0.5, 0.6) is 5.75 Å². The average molecular weight is 267 g/mol. The van der Waals surface area contributed by atoms with Crippen molar-refractivity contribution < 1.29 is 9.47 Å². The van der Waals surface area contributed by atoms with Gasteiger partial charge in [-0.2, -0.15) is 0 Å². The lowest BCUT2D eigenvalue weighted by molar-refractivity contribution is 0.306. The summed E-state index contributed by atoms with van der Waals surface area (Å²) in [6.07, 6.45) is 2.46. The molecule has 1 atom stereocenters. The van der Waals surface area contributed by atoms with Crippen LogP contribution in [0.4, 0.5) is 0 Å². The molecule has 2 aromatic carbocycles. The van der Waals surface area contributed by atoms with Crippen LogP contribution in [-0.2, 0) is 17.8 Å². The Labute approximate surface area is 118 Å². The smallest absolute Gasteiger partial charge is 0.169 e. The van der Waals surface area contributed by atoms with Gasteiger partial charge >= 0.3 is 0 Å². The van der Waals surface area contributed by atoms with Crippen molar-refractivity contribution in [2.24, 2.45) is 4.99 Å². The third-order valence-corrected chi connectivity index (χ3v) is 3.28. The maximum Gasteiger partial charge on any atom is 0.169 e. The van der Waals surface area contributed by atoms with Crippen LogP contribution in [0.3, 0.4) is 0 Å². The van der Waals surface area contributed by atoms with Crippen molar-refractivity contribution in [3.8, 4) is 5.75 Å². The van der Waals surface area contributed by atoms with Gasteiger partial charge in [-0.05, 0) is 29.7 Å². The summed E-state index contributed by atoms with van der Waals surface area (Å²) in [5, 5.41) is 0. The van der Waals surface area contributed by atoms with Crippen LogP contribution in [0.15, 0.2) is 59.6 Å². The van der Waals surface area contributed by atoms with Crippen LogP contribution in [0, 0.1) is 0 Å². The number of ether oxygens (including phenoxy) is 2. The molecule has 3 rings (SSSR count). The minimum absolute atomic E-state index is 0.256. The summed E-state index contributed by atoms with van der Waals surface area (Å²) < 4.78 is 10.9. The molecular weight excluding hydrogens is 250 g/mol. The highest BCUT2D eigenvalue weighted by atomic mass is 16.5. The Morgan fingerprint density at radius 2 is 1.80 bits per heavy atom. The first-order valence-electron chi connectivity index (χ1n) is 6.79. The number of hydrogen-bond donors (Lipinski definition) is 0. The van der Waals surface area contributed by atoms with Crippen LogP contribution in [0.1, 0.15) is 11.1 Å². The van der Waals surface area contributed by atoms with E-state index < -0.39 is 0 Å². The zero-order chi connectivity index (χ0) is 13.6. The fraction of sp³-hybridized carbons (Fsp3) is 0.235. The predicted molar refractivity (Wildman–Crippen MR) is 79.2 cm³/mol. The molecule has 0 saturated carbocycles. The number of hydrogen-bond acceptors (Lipinski definition) is 3. The fourth-order valence-electron chi connectivity index (χ4n) is 2.17. The van der Waals surface area contributed by atoms with Crippen molar-refractivity contribution in [2.45, 2.75) is 19.1 Å². The third kappa shape index (κ3) is 3.38. The largest absolute Gasteiger partial charge is 0.489 e. The lowest BCUT2D eigenvalue weighted by atomic mass is 10.1. The van der Waals surface area contributed by atoms with Gasteiger partial charge in [-0.25, -0.2) is 0 Å². The van der Waals surface area contributed by atoms with E-state index >= 15 is 0 Å². The normalized spacial score (nSPS) is 16.9. The molecule has 102 valence electrons. The average Bonchev–Trinajstić information content (AvgIpc) is 3.01. The lowest BCUT2D eigenvalue weighted by Gasteiger charge is -2.08. The molecule has 0 bridgehead atoms. The van der Waals surface area contributed by atoms with Crippen LogP contribution in [-0.4, -0.2) is 19.0 Å². The second-order valence-electron chi connectivity index (χ2n) is 4.86. The summed E-state index contributed by atoms with van der Waals surface area (Å²) in [5.74, 6) is 0.892. The molecule has 1 aliphatic rings. The summed E-state index contributed by atoms with van der Waals surface area (Å²) in [6, 6.07) is 18.6. The summed E-state index contributed by atoms with van der Waals surface area (Å²) in [7, 11) is 0. The van der Waals surface area contributed by atoms with Crippen molar-refractivity contribution in [3.05, 3.63) is 65.7 Å². The SMILES string of the molecule is C1=N[C@@H](Cc2ccc(OCc3ccccc3)cc2)CO1. The minimum atomic E-state index is 0.256. The third-order valence-electron chi connectivity index (χ3n) is 3.28. The minimum Gasteiger partial charge on any atom is -0.489 e. The molecule has 0 N–H and O–H groups in total. The van der Waals surface area contributed by atoms with E-state index in [0.29, 0.717) is 13.2 Å². The first kappa shape index (κ1) is 12.7. The van der Waals surface area contributed by atoms with E-state index in [1.807, 2.05) is 30.3 Å². The molecule has 0 unspecified atom stereocenters. The zero-order valence-corrected chi connectivity index (χ0v) is 11.2. The van der Waals surface area contributed by atoms with Gasteiger partial charge in [-0.1, -0.05) is 42.5 Å². The molecule has 0 fully saturated rings. The molecule has 20 heavy (non-hydrogen) atoms. The predicted octanol–water partition coefficient (Wildman–Crippen LogP) is 3.24. The molecule has 3 nitrogen and oxygen atoms in total. The van der Waals surface area contributed by atoms with Gasteiger partial charge in [-0.3, -0.25) is 4.99 Å². The molecule has 0 radical (unpaired) electrons. The van der Waals surface area contributed by atoms with Gasteiger partial charge < -0.3 is 9.47 Å². The Balaban J connectivity index is 1.54. The van der Waals surface area contributed by atoms with Crippen molar-refractivity contribution in [2.75, 3.05) is 6.61 Å². The number of benzene rings is 2. The highest BCUT2D eigenvalue weighted by Gasteiger charge is 2.12. The molecule has 1 heterocycles. The number of aliphatic imine (C=N–C) groups is 1. The van der Waals surface area contributed by atoms with Crippen LogP contribution in [0.25, 0.3) is 0 Å². The number of rotatable bonds is 5. The van der Waals surface area contributed by atoms with E-state index in [1.165, 1.54) is 11.1 Å². The van der Waals surface area contributed by atoms with Gasteiger partial charge in [0.25, 0.3) is 0 Å². The van der Waals surface area contributed by atoms with Gasteiger partial charge in [0, 0.05) is 0 Å². The summed E-state index contributed by atoms with van der Waals surface area (Å²) in [6.45, 7) is 1.28. The summed E-state index contributed by atoms with van der Waals surface area (Å²) in [5.41, 5.74) is 2.43. The van der Waals surface area contributed by atoms with Gasteiger partial charge in [0.1, 0.15) is 19.0 Å². The van der Waals surface area contributed by atoms with Gasteiger partial charge in [-0.15, -0.1) is 0 Å².